The highest BCUT2D eigenvalue weighted by Gasteiger charge is 2.26. The third-order valence-corrected chi connectivity index (χ3v) is 5.14. The van der Waals surface area contributed by atoms with Crippen LogP contribution in [0.2, 0.25) is 0 Å². The van der Waals surface area contributed by atoms with Gasteiger partial charge in [-0.05, 0) is 48.3 Å². The van der Waals surface area contributed by atoms with Crippen LogP contribution < -0.4 is 0 Å². The summed E-state index contributed by atoms with van der Waals surface area (Å²) in [6, 6.07) is 18.8. The fourth-order valence-corrected chi connectivity index (χ4v) is 3.54. The molecule has 3 nitrogen and oxygen atoms in total. The zero-order chi connectivity index (χ0) is 21.2. The Kier molecular flexibility index (Phi) is 9.40. The van der Waals surface area contributed by atoms with Crippen LogP contribution in [0, 0.1) is 11.8 Å². The molecule has 0 N–H and O–H groups in total. The van der Waals surface area contributed by atoms with Gasteiger partial charge in [0, 0.05) is 0 Å². The summed E-state index contributed by atoms with van der Waals surface area (Å²) in [7, 11) is 0. The highest BCUT2D eigenvalue weighted by Crippen LogP contribution is 2.31. The van der Waals surface area contributed by atoms with Crippen molar-refractivity contribution < 1.29 is 14.3 Å². The van der Waals surface area contributed by atoms with Gasteiger partial charge in [-0.2, -0.15) is 0 Å². The van der Waals surface area contributed by atoms with Gasteiger partial charge in [-0.1, -0.05) is 82.3 Å². The van der Waals surface area contributed by atoms with E-state index in [0.29, 0.717) is 31.5 Å². The van der Waals surface area contributed by atoms with Gasteiger partial charge in [0.25, 0.3) is 0 Å². The molecular weight excluding hydrogens is 360 g/mol. The number of rotatable bonds is 11. The van der Waals surface area contributed by atoms with E-state index in [1.54, 1.807) is 0 Å². The zero-order valence-electron chi connectivity index (χ0n) is 18.6. The molecule has 0 aliphatic heterocycles. The lowest BCUT2D eigenvalue weighted by atomic mass is 9.89. The number of hydrogen-bond acceptors (Lipinski definition) is 3. The van der Waals surface area contributed by atoms with Gasteiger partial charge in [0.05, 0.1) is 25.2 Å². The molecule has 2 rings (SSSR count). The number of carbonyl (C=O) groups excluding carboxylic acids is 1. The Hall–Kier alpha value is -2.13. The summed E-state index contributed by atoms with van der Waals surface area (Å²) < 4.78 is 11.7. The van der Waals surface area contributed by atoms with Gasteiger partial charge in [-0.3, -0.25) is 4.79 Å². The third kappa shape index (κ3) is 7.66. The molecule has 2 atom stereocenters. The van der Waals surface area contributed by atoms with Crippen LogP contribution in [-0.2, 0) is 20.9 Å². The minimum atomic E-state index is -0.166. The van der Waals surface area contributed by atoms with Crippen LogP contribution in [-0.4, -0.2) is 12.6 Å². The summed E-state index contributed by atoms with van der Waals surface area (Å²) >= 11 is 0. The van der Waals surface area contributed by atoms with Crippen LogP contribution in [0.5, 0.6) is 0 Å². The Bertz CT molecular complexity index is 719. The molecule has 29 heavy (non-hydrogen) atoms. The minimum absolute atomic E-state index is 0.117. The lowest BCUT2D eigenvalue weighted by Gasteiger charge is -2.25. The van der Waals surface area contributed by atoms with Gasteiger partial charge in [0.15, 0.2) is 0 Å². The van der Waals surface area contributed by atoms with Crippen molar-refractivity contribution in [3.05, 3.63) is 71.3 Å². The summed E-state index contributed by atoms with van der Waals surface area (Å²) in [4.78, 5) is 12.6. The Morgan fingerprint density at radius 2 is 1.48 bits per heavy atom. The molecule has 0 heterocycles. The van der Waals surface area contributed by atoms with E-state index >= 15 is 0 Å². The van der Waals surface area contributed by atoms with Crippen molar-refractivity contribution >= 4 is 5.97 Å². The first-order valence-corrected chi connectivity index (χ1v) is 10.8. The smallest absolute Gasteiger partial charge is 0.309 e. The molecule has 3 heteroatoms. The summed E-state index contributed by atoms with van der Waals surface area (Å²) in [6.45, 7) is 11.5. The monoisotopic (exact) mass is 396 g/mol. The molecule has 0 bridgehead atoms. The second-order valence-electron chi connectivity index (χ2n) is 8.42. The van der Waals surface area contributed by atoms with E-state index in [0.717, 1.165) is 17.5 Å². The van der Waals surface area contributed by atoms with Crippen molar-refractivity contribution in [2.24, 2.45) is 11.8 Å². The second-order valence-corrected chi connectivity index (χ2v) is 8.42. The van der Waals surface area contributed by atoms with Crippen LogP contribution in [0.1, 0.15) is 76.2 Å². The van der Waals surface area contributed by atoms with Crippen molar-refractivity contribution in [2.45, 2.75) is 66.1 Å². The standard InChI is InChI=1S/C26H36O3/c1-6-28-26(27)24(16-19(2)3)17-25(29-18-21-10-8-7-9-11-21)23-14-12-22(13-15-23)20(4)5/h7-15,19-20,24-25H,6,16-18H2,1-5H3/t24-,25-/m0/s1. The maximum absolute atomic E-state index is 12.6. The summed E-state index contributed by atoms with van der Waals surface area (Å²) in [5, 5.41) is 0. The molecule has 2 aromatic rings. The zero-order valence-corrected chi connectivity index (χ0v) is 18.6. The summed E-state index contributed by atoms with van der Waals surface area (Å²) in [5.74, 6) is 0.622. The van der Waals surface area contributed by atoms with Crippen molar-refractivity contribution in [3.63, 3.8) is 0 Å². The van der Waals surface area contributed by atoms with E-state index in [1.165, 1.54) is 5.56 Å². The molecule has 0 aliphatic carbocycles. The lowest BCUT2D eigenvalue weighted by molar-refractivity contribution is -0.150. The molecule has 0 unspecified atom stereocenters. The topological polar surface area (TPSA) is 35.5 Å². The van der Waals surface area contributed by atoms with E-state index in [9.17, 15) is 4.79 Å². The highest BCUT2D eigenvalue weighted by molar-refractivity contribution is 5.72. The average molecular weight is 397 g/mol. The number of ether oxygens (including phenoxy) is 2. The van der Waals surface area contributed by atoms with Gasteiger partial charge in [-0.25, -0.2) is 0 Å². The van der Waals surface area contributed by atoms with E-state index in [1.807, 2.05) is 25.1 Å². The molecule has 2 aromatic carbocycles. The summed E-state index contributed by atoms with van der Waals surface area (Å²) in [6.07, 6.45) is 1.28. The Morgan fingerprint density at radius 1 is 0.862 bits per heavy atom. The second kappa shape index (κ2) is 11.8. The van der Waals surface area contributed by atoms with E-state index in [4.69, 9.17) is 9.47 Å². The van der Waals surface area contributed by atoms with Gasteiger partial charge in [0.1, 0.15) is 0 Å². The fraction of sp³-hybridized carbons (Fsp3) is 0.500. The van der Waals surface area contributed by atoms with Crippen LogP contribution in [0.15, 0.2) is 54.6 Å². The first-order chi connectivity index (χ1) is 13.9. The van der Waals surface area contributed by atoms with Crippen LogP contribution in [0.4, 0.5) is 0 Å². The quantitative estimate of drug-likeness (QED) is 0.397. The van der Waals surface area contributed by atoms with E-state index in [-0.39, 0.29) is 18.0 Å². The predicted molar refractivity (Wildman–Crippen MR) is 119 cm³/mol. The molecule has 0 amide bonds. The molecule has 0 fully saturated rings. The molecule has 0 saturated carbocycles. The molecule has 0 saturated heterocycles. The Balaban J connectivity index is 2.22. The average Bonchev–Trinajstić information content (AvgIpc) is 2.71. The Labute approximate surface area is 176 Å². The van der Waals surface area contributed by atoms with Gasteiger partial charge in [-0.15, -0.1) is 0 Å². The van der Waals surface area contributed by atoms with E-state index < -0.39 is 0 Å². The fourth-order valence-electron chi connectivity index (χ4n) is 3.54. The largest absolute Gasteiger partial charge is 0.466 e. The van der Waals surface area contributed by atoms with Crippen LogP contribution in [0.3, 0.4) is 0 Å². The summed E-state index contributed by atoms with van der Waals surface area (Å²) in [5.41, 5.74) is 3.55. The van der Waals surface area contributed by atoms with Gasteiger partial charge in [0.2, 0.25) is 0 Å². The molecule has 0 aliphatic rings. The Morgan fingerprint density at radius 3 is 2.03 bits per heavy atom. The SMILES string of the molecule is CCOC(=O)[C@@H](CC(C)C)C[C@H](OCc1ccccc1)c1ccc(C(C)C)cc1. The van der Waals surface area contributed by atoms with Gasteiger partial charge >= 0.3 is 5.97 Å². The van der Waals surface area contributed by atoms with Crippen molar-refractivity contribution in [1.82, 2.24) is 0 Å². The normalized spacial score (nSPS) is 13.5. The van der Waals surface area contributed by atoms with E-state index in [2.05, 4.69) is 64.1 Å². The molecular formula is C26H36O3. The highest BCUT2D eigenvalue weighted by atomic mass is 16.5. The third-order valence-electron chi connectivity index (χ3n) is 5.14. The first kappa shape index (κ1) is 23.2. The lowest BCUT2D eigenvalue weighted by Crippen LogP contribution is -2.23. The van der Waals surface area contributed by atoms with Gasteiger partial charge < -0.3 is 9.47 Å². The first-order valence-electron chi connectivity index (χ1n) is 10.8. The van der Waals surface area contributed by atoms with Crippen LogP contribution >= 0.6 is 0 Å². The predicted octanol–water partition coefficient (Wildman–Crippen LogP) is 6.68. The minimum Gasteiger partial charge on any atom is -0.466 e. The maximum atomic E-state index is 12.6. The molecule has 0 aromatic heterocycles. The van der Waals surface area contributed by atoms with Crippen molar-refractivity contribution in [3.8, 4) is 0 Å². The number of carbonyl (C=O) groups is 1. The van der Waals surface area contributed by atoms with Crippen molar-refractivity contribution in [2.75, 3.05) is 6.61 Å². The maximum Gasteiger partial charge on any atom is 0.309 e. The molecule has 0 spiro atoms. The number of benzene rings is 2. The number of esters is 1. The van der Waals surface area contributed by atoms with Crippen molar-refractivity contribution in [1.29, 1.82) is 0 Å². The molecule has 158 valence electrons. The number of hydrogen-bond donors (Lipinski definition) is 0. The van der Waals surface area contributed by atoms with Crippen LogP contribution in [0.25, 0.3) is 0 Å². The molecule has 0 radical (unpaired) electrons.